The van der Waals surface area contributed by atoms with Gasteiger partial charge in [0.2, 0.25) is 0 Å². The molecule has 1 N–H and O–H groups in total. The van der Waals surface area contributed by atoms with Gasteiger partial charge in [-0.2, -0.15) is 0 Å². The summed E-state index contributed by atoms with van der Waals surface area (Å²) in [6, 6.07) is 0. The van der Waals surface area contributed by atoms with Crippen LogP contribution in [0.4, 0.5) is 0 Å². The Labute approximate surface area is 76.0 Å². The molecule has 0 radical (unpaired) electrons. The molecule has 1 unspecified atom stereocenters. The maximum Gasteiger partial charge on any atom is 0.132 e. The van der Waals surface area contributed by atoms with Crippen molar-refractivity contribution in [2.45, 2.75) is 47.6 Å². The highest BCUT2D eigenvalue weighted by molar-refractivity contribution is 5.77. The van der Waals surface area contributed by atoms with Gasteiger partial charge in [-0.15, -0.1) is 0 Å². The van der Waals surface area contributed by atoms with Crippen molar-refractivity contribution in [2.75, 3.05) is 0 Å². The van der Waals surface area contributed by atoms with Crippen LogP contribution in [0.5, 0.6) is 0 Å². The molecule has 0 bridgehead atoms. The van der Waals surface area contributed by atoms with Crippen molar-refractivity contribution in [2.24, 2.45) is 11.8 Å². The Hall–Kier alpha value is -0.370. The second kappa shape index (κ2) is 7.29. The molecule has 0 fully saturated rings. The molecule has 74 valence electrons. The lowest BCUT2D eigenvalue weighted by Crippen LogP contribution is -2.07. The number of ketones is 1. The average Bonchev–Trinajstić information content (AvgIpc) is 1.88. The third-order valence-electron chi connectivity index (χ3n) is 1.78. The minimum absolute atomic E-state index is 0.148. The highest BCUT2D eigenvalue weighted by Crippen LogP contribution is 1.96. The number of hydrogen-bond acceptors (Lipinski definition) is 2. The molecule has 2 heteroatoms. The first-order valence-corrected chi connectivity index (χ1v) is 4.47. The van der Waals surface area contributed by atoms with E-state index in [1.807, 2.05) is 27.7 Å². The summed E-state index contributed by atoms with van der Waals surface area (Å²) in [5.74, 6) is 0.880. The smallest absolute Gasteiger partial charge is 0.132 e. The molecule has 1 atom stereocenters. The zero-order valence-electron chi connectivity index (χ0n) is 9.09. The first-order chi connectivity index (χ1) is 5.29. The van der Waals surface area contributed by atoms with Crippen LogP contribution >= 0.6 is 0 Å². The average molecular weight is 174 g/mol. The van der Waals surface area contributed by atoms with Crippen molar-refractivity contribution in [1.82, 2.24) is 0 Å². The summed E-state index contributed by atoms with van der Waals surface area (Å²) in [4.78, 5) is 10.1. The number of aliphatic hydroxyl groups excluding tert-OH is 1. The van der Waals surface area contributed by atoms with Crippen LogP contribution in [0.25, 0.3) is 0 Å². The zero-order chi connectivity index (χ0) is 10.3. The number of carbonyl (C=O) groups excluding carboxylic acids is 1. The van der Waals surface area contributed by atoms with Gasteiger partial charge in [-0.1, -0.05) is 27.7 Å². The van der Waals surface area contributed by atoms with Gasteiger partial charge in [0.05, 0.1) is 6.10 Å². The van der Waals surface area contributed by atoms with E-state index in [1.54, 1.807) is 13.8 Å². The molecule has 0 rings (SSSR count). The first-order valence-electron chi connectivity index (χ1n) is 4.47. The Bertz CT molecular complexity index is 109. The van der Waals surface area contributed by atoms with Gasteiger partial charge in [-0.05, 0) is 19.8 Å². The molecule has 0 saturated carbocycles. The fourth-order valence-electron chi connectivity index (χ4n) is 0. The molecule has 0 heterocycles. The summed E-state index contributed by atoms with van der Waals surface area (Å²) < 4.78 is 0. The summed E-state index contributed by atoms with van der Waals surface area (Å²) in [5.41, 5.74) is 0. The second-order valence-electron chi connectivity index (χ2n) is 3.75. The van der Waals surface area contributed by atoms with Crippen LogP contribution in [-0.2, 0) is 4.79 Å². The summed E-state index contributed by atoms with van der Waals surface area (Å²) in [5, 5.41) is 8.63. The molecule has 0 amide bonds. The molecular weight excluding hydrogens is 152 g/mol. The molecular formula is C10H22O2. The molecule has 0 spiro atoms. The third kappa shape index (κ3) is 12.3. The number of Topliss-reactive ketones (excluding diaryl/α,β-unsaturated/α-hetero) is 1. The zero-order valence-corrected chi connectivity index (χ0v) is 9.09. The van der Waals surface area contributed by atoms with Crippen molar-refractivity contribution < 1.29 is 9.90 Å². The van der Waals surface area contributed by atoms with Gasteiger partial charge >= 0.3 is 0 Å². The molecule has 2 nitrogen and oxygen atoms in total. The lowest BCUT2D eigenvalue weighted by molar-refractivity contribution is -0.119. The Morgan fingerprint density at radius 2 is 1.25 bits per heavy atom. The predicted octanol–water partition coefficient (Wildman–Crippen LogP) is 2.25. The molecule has 12 heavy (non-hydrogen) atoms. The molecule has 0 aromatic heterocycles. The van der Waals surface area contributed by atoms with Gasteiger partial charge in [0.25, 0.3) is 0 Å². The molecule has 0 aromatic carbocycles. The molecule has 0 aromatic rings. The van der Waals surface area contributed by atoms with Crippen molar-refractivity contribution in [3.8, 4) is 0 Å². The van der Waals surface area contributed by atoms with E-state index in [9.17, 15) is 4.79 Å². The lowest BCUT2D eigenvalue weighted by atomic mass is 10.1. The highest BCUT2D eigenvalue weighted by atomic mass is 16.3. The summed E-state index contributed by atoms with van der Waals surface area (Å²) >= 11 is 0. The van der Waals surface area contributed by atoms with Crippen LogP contribution in [-0.4, -0.2) is 17.0 Å². The van der Waals surface area contributed by atoms with E-state index in [-0.39, 0.29) is 17.8 Å². The highest BCUT2D eigenvalue weighted by Gasteiger charge is 1.97. The number of rotatable bonds is 2. The van der Waals surface area contributed by atoms with Crippen LogP contribution in [0.15, 0.2) is 0 Å². The van der Waals surface area contributed by atoms with E-state index in [2.05, 4.69) is 0 Å². The van der Waals surface area contributed by atoms with Gasteiger partial charge in [0, 0.05) is 5.92 Å². The maximum absolute atomic E-state index is 10.1. The number of carbonyl (C=O) groups is 1. The fraction of sp³-hybridized carbons (Fsp3) is 0.900. The van der Waals surface area contributed by atoms with Crippen molar-refractivity contribution >= 4 is 5.78 Å². The minimum atomic E-state index is -0.148. The molecule has 0 saturated heterocycles. The van der Waals surface area contributed by atoms with Crippen LogP contribution in [0.2, 0.25) is 0 Å². The van der Waals surface area contributed by atoms with E-state index < -0.39 is 0 Å². The Morgan fingerprint density at radius 1 is 1.08 bits per heavy atom. The van der Waals surface area contributed by atoms with E-state index in [1.165, 1.54) is 0 Å². The van der Waals surface area contributed by atoms with E-state index >= 15 is 0 Å². The van der Waals surface area contributed by atoms with Gasteiger partial charge in [-0.25, -0.2) is 0 Å². The first kappa shape index (κ1) is 14.2. The monoisotopic (exact) mass is 174 g/mol. The van der Waals surface area contributed by atoms with Crippen LogP contribution in [0.1, 0.15) is 41.5 Å². The van der Waals surface area contributed by atoms with Gasteiger partial charge < -0.3 is 5.11 Å². The van der Waals surface area contributed by atoms with Crippen molar-refractivity contribution in [3.63, 3.8) is 0 Å². The fourth-order valence-corrected chi connectivity index (χ4v) is 0. The third-order valence-corrected chi connectivity index (χ3v) is 1.78. The standard InChI is InChI=1S/C5H12O.C5H10O/c2*1-4(2)5(3)6/h4-6H,1-3H3;4H,1-3H3. The van der Waals surface area contributed by atoms with Crippen LogP contribution in [0, 0.1) is 11.8 Å². The molecule has 0 aliphatic heterocycles. The summed E-state index contributed by atoms with van der Waals surface area (Å²) in [7, 11) is 0. The van der Waals surface area contributed by atoms with Crippen molar-refractivity contribution in [3.05, 3.63) is 0 Å². The lowest BCUT2D eigenvalue weighted by Gasteiger charge is -2.04. The van der Waals surface area contributed by atoms with Gasteiger partial charge in [0.15, 0.2) is 0 Å². The SMILES string of the molecule is CC(=O)C(C)C.CC(C)C(C)O. The molecule has 0 aliphatic rings. The maximum atomic E-state index is 10.1. The summed E-state index contributed by atoms with van der Waals surface area (Å²) in [6.45, 7) is 11.2. The van der Waals surface area contributed by atoms with Gasteiger partial charge in [0.1, 0.15) is 5.78 Å². The Kier molecular flexibility index (Phi) is 8.61. The predicted molar refractivity (Wildman–Crippen MR) is 52.0 cm³/mol. The van der Waals surface area contributed by atoms with Crippen LogP contribution < -0.4 is 0 Å². The van der Waals surface area contributed by atoms with E-state index in [0.717, 1.165) is 0 Å². The van der Waals surface area contributed by atoms with E-state index in [0.29, 0.717) is 5.92 Å². The largest absolute Gasteiger partial charge is 0.393 e. The second-order valence-corrected chi connectivity index (χ2v) is 3.75. The van der Waals surface area contributed by atoms with Crippen LogP contribution in [0.3, 0.4) is 0 Å². The Morgan fingerprint density at radius 3 is 1.25 bits per heavy atom. The topological polar surface area (TPSA) is 37.3 Å². The quantitative estimate of drug-likeness (QED) is 0.697. The van der Waals surface area contributed by atoms with Crippen molar-refractivity contribution in [1.29, 1.82) is 0 Å². The minimum Gasteiger partial charge on any atom is -0.393 e. The number of aliphatic hydroxyl groups is 1. The molecule has 0 aliphatic carbocycles. The normalized spacial score (nSPS) is 12.4. The van der Waals surface area contributed by atoms with E-state index in [4.69, 9.17) is 5.11 Å². The van der Waals surface area contributed by atoms with Gasteiger partial charge in [-0.3, -0.25) is 4.79 Å². The Balaban J connectivity index is 0. The number of hydrogen-bond donors (Lipinski definition) is 1. The summed E-state index contributed by atoms with van der Waals surface area (Å²) in [6.07, 6.45) is -0.148.